The van der Waals surface area contributed by atoms with Crippen LogP contribution in [0, 0.1) is 11.8 Å². The topological polar surface area (TPSA) is 88.5 Å². The lowest BCUT2D eigenvalue weighted by Crippen LogP contribution is -2.53. The molecule has 1 aromatic carbocycles. The van der Waals surface area contributed by atoms with E-state index in [9.17, 15) is 13.2 Å². The first-order chi connectivity index (χ1) is 15.8. The molecule has 1 aliphatic carbocycles. The van der Waals surface area contributed by atoms with Crippen LogP contribution in [-0.4, -0.2) is 68.0 Å². The lowest BCUT2D eigenvalue weighted by molar-refractivity contribution is -0.142. The number of hydrogen-bond donors (Lipinski definition) is 0. The highest BCUT2D eigenvalue weighted by atomic mass is 32.2. The van der Waals surface area contributed by atoms with Crippen molar-refractivity contribution in [1.82, 2.24) is 9.31 Å². The molecule has 0 bridgehead atoms. The van der Waals surface area contributed by atoms with E-state index in [2.05, 4.69) is 0 Å². The second-order valence-corrected chi connectivity index (χ2v) is 11.1. The molecular weight excluding hydrogens is 442 g/mol. The number of fused-ring (bicyclic) bond motifs is 1. The third-order valence-electron chi connectivity index (χ3n) is 6.95. The Labute approximate surface area is 197 Å². The molecule has 0 aromatic heterocycles. The normalized spacial score (nSPS) is 24.9. The van der Waals surface area contributed by atoms with Gasteiger partial charge in [-0.05, 0) is 57.7 Å². The lowest BCUT2D eigenvalue weighted by atomic mass is 9.73. The molecule has 2 aliphatic heterocycles. The van der Waals surface area contributed by atoms with Crippen molar-refractivity contribution in [3.05, 3.63) is 23.8 Å². The summed E-state index contributed by atoms with van der Waals surface area (Å²) in [4.78, 5) is 13.5. The van der Waals surface area contributed by atoms with E-state index in [0.717, 1.165) is 37.0 Å². The third-order valence-corrected chi connectivity index (χ3v) is 8.26. The van der Waals surface area contributed by atoms with Crippen LogP contribution in [0.1, 0.15) is 57.9 Å². The van der Waals surface area contributed by atoms with Gasteiger partial charge in [-0.3, -0.25) is 4.79 Å². The van der Waals surface area contributed by atoms with E-state index in [1.165, 1.54) is 10.6 Å². The predicted molar refractivity (Wildman–Crippen MR) is 127 cm³/mol. The minimum atomic E-state index is -3.22. The van der Waals surface area contributed by atoms with Crippen molar-refractivity contribution in [2.24, 2.45) is 16.9 Å². The van der Waals surface area contributed by atoms with Crippen LogP contribution in [-0.2, 0) is 14.8 Å². The first kappa shape index (κ1) is 24.0. The lowest BCUT2D eigenvalue weighted by Gasteiger charge is -2.43. The summed E-state index contributed by atoms with van der Waals surface area (Å²) in [5.74, 6) is 1.53. The Bertz CT molecular complexity index is 1000. The number of sulfonamides is 1. The third kappa shape index (κ3) is 5.04. The Balaban J connectivity index is 1.67. The Morgan fingerprint density at radius 3 is 2.24 bits per heavy atom. The molecule has 33 heavy (non-hydrogen) atoms. The van der Waals surface area contributed by atoms with Crippen molar-refractivity contribution in [2.45, 2.75) is 58.4 Å². The average Bonchev–Trinajstić information content (AvgIpc) is 2.81. The zero-order valence-electron chi connectivity index (χ0n) is 19.8. The zero-order valence-corrected chi connectivity index (χ0v) is 20.6. The van der Waals surface area contributed by atoms with Crippen LogP contribution >= 0.6 is 0 Å². The van der Waals surface area contributed by atoms with E-state index < -0.39 is 10.0 Å². The Kier molecular flexibility index (Phi) is 7.28. The molecular formula is C24H35N3O5S. The fourth-order valence-electron chi connectivity index (χ4n) is 5.33. The van der Waals surface area contributed by atoms with Crippen molar-refractivity contribution in [1.29, 1.82) is 0 Å². The predicted octanol–water partition coefficient (Wildman–Crippen LogP) is 3.26. The van der Waals surface area contributed by atoms with Crippen LogP contribution in [0.2, 0.25) is 0 Å². The standard InChI is InChI=1S/C24H35N3O5S/c1-4-31-21-11-10-17(16-22(21)32-5-2)23-19-8-6-7-9-20(19)24(28)27(25-23)18-12-14-26(15-13-18)33(3,29)30/h10-11,16,18-20H,4-9,12-15H2,1-3H3. The highest BCUT2D eigenvalue weighted by molar-refractivity contribution is 7.88. The van der Waals surface area contributed by atoms with Gasteiger partial charge in [-0.15, -0.1) is 0 Å². The molecule has 8 nitrogen and oxygen atoms in total. The second-order valence-electron chi connectivity index (χ2n) is 9.09. The molecule has 0 radical (unpaired) electrons. The van der Waals surface area contributed by atoms with E-state index >= 15 is 0 Å². The summed E-state index contributed by atoms with van der Waals surface area (Å²) in [6.45, 7) is 5.82. The highest BCUT2D eigenvalue weighted by Crippen LogP contribution is 2.40. The molecule has 0 N–H and O–H groups in total. The van der Waals surface area contributed by atoms with Gasteiger partial charge in [-0.2, -0.15) is 5.10 Å². The van der Waals surface area contributed by atoms with Gasteiger partial charge in [-0.1, -0.05) is 12.8 Å². The first-order valence-corrected chi connectivity index (χ1v) is 13.9. The SMILES string of the molecule is CCOc1ccc(C2=NN(C3CCN(S(C)(=O)=O)CC3)C(=O)C3CCCCC23)cc1OCC. The Morgan fingerprint density at radius 2 is 1.61 bits per heavy atom. The maximum absolute atomic E-state index is 13.5. The maximum Gasteiger partial charge on any atom is 0.246 e. The van der Waals surface area contributed by atoms with Gasteiger partial charge in [0.2, 0.25) is 15.9 Å². The number of carbonyl (C=O) groups excluding carboxylic acids is 1. The fourth-order valence-corrected chi connectivity index (χ4v) is 6.20. The van der Waals surface area contributed by atoms with E-state index in [-0.39, 0.29) is 23.8 Å². The molecule has 1 saturated heterocycles. The smallest absolute Gasteiger partial charge is 0.246 e. The van der Waals surface area contributed by atoms with Gasteiger partial charge in [0.05, 0.1) is 31.2 Å². The Hall–Kier alpha value is -2.13. The number of piperidine rings is 1. The molecule has 0 spiro atoms. The molecule has 1 aromatic rings. The molecule has 2 unspecified atom stereocenters. The van der Waals surface area contributed by atoms with Gasteiger partial charge < -0.3 is 9.47 Å². The molecule has 1 saturated carbocycles. The number of hydrogen-bond acceptors (Lipinski definition) is 6. The van der Waals surface area contributed by atoms with E-state index in [4.69, 9.17) is 14.6 Å². The molecule has 3 aliphatic rings. The summed E-state index contributed by atoms with van der Waals surface area (Å²) in [6.07, 6.45) is 6.40. The van der Waals surface area contributed by atoms with Gasteiger partial charge >= 0.3 is 0 Å². The summed E-state index contributed by atoms with van der Waals surface area (Å²) < 4.78 is 36.9. The van der Waals surface area contributed by atoms with E-state index in [1.807, 2.05) is 32.0 Å². The van der Waals surface area contributed by atoms with Crippen molar-refractivity contribution in [2.75, 3.05) is 32.6 Å². The quantitative estimate of drug-likeness (QED) is 0.601. The van der Waals surface area contributed by atoms with E-state index in [1.54, 1.807) is 5.01 Å². The Morgan fingerprint density at radius 1 is 0.970 bits per heavy atom. The molecule has 182 valence electrons. The van der Waals surface area contributed by atoms with Gasteiger partial charge in [0.25, 0.3) is 0 Å². The summed E-state index contributed by atoms with van der Waals surface area (Å²) >= 11 is 0. The molecule has 9 heteroatoms. The van der Waals surface area contributed by atoms with Crippen LogP contribution in [0.25, 0.3) is 0 Å². The summed E-state index contributed by atoms with van der Waals surface area (Å²) in [5, 5.41) is 6.62. The monoisotopic (exact) mass is 477 g/mol. The van der Waals surface area contributed by atoms with Crippen molar-refractivity contribution in [3.8, 4) is 11.5 Å². The van der Waals surface area contributed by atoms with Gasteiger partial charge in [-0.25, -0.2) is 17.7 Å². The van der Waals surface area contributed by atoms with Crippen LogP contribution in [0.5, 0.6) is 11.5 Å². The number of amides is 1. The maximum atomic E-state index is 13.5. The highest BCUT2D eigenvalue weighted by Gasteiger charge is 2.44. The number of nitrogens with zero attached hydrogens (tertiary/aromatic N) is 3. The summed E-state index contributed by atoms with van der Waals surface area (Å²) in [6, 6.07) is 5.84. The van der Waals surface area contributed by atoms with Gasteiger partial charge in [0.1, 0.15) is 0 Å². The van der Waals surface area contributed by atoms with E-state index in [0.29, 0.717) is 50.6 Å². The minimum Gasteiger partial charge on any atom is -0.490 e. The number of carbonyl (C=O) groups is 1. The van der Waals surface area contributed by atoms with Crippen molar-refractivity contribution < 1.29 is 22.7 Å². The number of ether oxygens (including phenoxy) is 2. The molecule has 1 amide bonds. The number of rotatable bonds is 7. The van der Waals surface area contributed by atoms with Gasteiger partial charge in [0, 0.05) is 30.5 Å². The van der Waals surface area contributed by atoms with Crippen LogP contribution < -0.4 is 9.47 Å². The summed E-state index contributed by atoms with van der Waals surface area (Å²) in [5.41, 5.74) is 1.90. The molecule has 2 fully saturated rings. The number of benzene rings is 1. The van der Waals surface area contributed by atoms with Crippen molar-refractivity contribution in [3.63, 3.8) is 0 Å². The summed E-state index contributed by atoms with van der Waals surface area (Å²) in [7, 11) is -3.22. The fraction of sp³-hybridized carbons (Fsp3) is 0.667. The average molecular weight is 478 g/mol. The van der Waals surface area contributed by atoms with Gasteiger partial charge in [0.15, 0.2) is 11.5 Å². The van der Waals surface area contributed by atoms with Crippen LogP contribution in [0.15, 0.2) is 23.3 Å². The van der Waals surface area contributed by atoms with Crippen molar-refractivity contribution >= 4 is 21.6 Å². The zero-order chi connectivity index (χ0) is 23.6. The molecule has 2 heterocycles. The van der Waals surface area contributed by atoms with Crippen LogP contribution in [0.4, 0.5) is 0 Å². The second kappa shape index (κ2) is 10.0. The number of hydrazone groups is 1. The van der Waals surface area contributed by atoms with Crippen LogP contribution in [0.3, 0.4) is 0 Å². The molecule has 4 rings (SSSR count). The first-order valence-electron chi connectivity index (χ1n) is 12.1. The molecule has 2 atom stereocenters. The largest absolute Gasteiger partial charge is 0.490 e. The minimum absolute atomic E-state index is 0.0682.